The molecule has 2 nitrogen and oxygen atoms in total. The van der Waals surface area contributed by atoms with Crippen LogP contribution >= 0.6 is 0 Å². The highest BCUT2D eigenvalue weighted by Gasteiger charge is 2.27. The molecule has 1 amide bonds. The largest absolute Gasteiger partial charge is 0.342 e. The average molecular weight is 283 g/mol. The van der Waals surface area contributed by atoms with Gasteiger partial charge in [0.1, 0.15) is 5.82 Å². The van der Waals surface area contributed by atoms with E-state index in [2.05, 4.69) is 0 Å². The van der Waals surface area contributed by atoms with Crippen LogP contribution in [-0.4, -0.2) is 23.9 Å². The Hall–Kier alpha value is -2.16. The predicted octanol–water partition coefficient (Wildman–Crippen LogP) is 3.38. The summed E-state index contributed by atoms with van der Waals surface area (Å²) in [6.07, 6.45) is 1.35. The fraction of sp³-hybridized carbons (Fsp3) is 0.278. The number of hydrogen-bond acceptors (Lipinski definition) is 1. The van der Waals surface area contributed by atoms with Gasteiger partial charge in [0.25, 0.3) is 0 Å². The van der Waals surface area contributed by atoms with Crippen molar-refractivity contribution in [1.82, 2.24) is 4.90 Å². The number of likely N-dealkylation sites (tertiary alicyclic amines) is 1. The summed E-state index contributed by atoms with van der Waals surface area (Å²) in [4.78, 5) is 14.2. The van der Waals surface area contributed by atoms with E-state index in [-0.39, 0.29) is 17.6 Å². The molecule has 1 fully saturated rings. The van der Waals surface area contributed by atoms with Gasteiger partial charge in [-0.25, -0.2) is 4.39 Å². The zero-order valence-corrected chi connectivity index (χ0v) is 11.8. The van der Waals surface area contributed by atoms with Gasteiger partial charge in [-0.3, -0.25) is 4.79 Å². The monoisotopic (exact) mass is 283 g/mol. The lowest BCUT2D eigenvalue weighted by molar-refractivity contribution is -0.129. The summed E-state index contributed by atoms with van der Waals surface area (Å²) >= 11 is 0. The van der Waals surface area contributed by atoms with Gasteiger partial charge in [-0.1, -0.05) is 42.5 Å². The number of halogens is 1. The molecule has 2 aromatic rings. The third kappa shape index (κ3) is 3.30. The second-order valence-electron chi connectivity index (χ2n) is 5.54. The van der Waals surface area contributed by atoms with E-state index in [0.717, 1.165) is 24.1 Å². The quantitative estimate of drug-likeness (QED) is 0.845. The molecule has 0 radical (unpaired) electrons. The predicted molar refractivity (Wildman–Crippen MR) is 80.5 cm³/mol. The normalized spacial score (nSPS) is 18.0. The number of amides is 1. The third-order valence-corrected chi connectivity index (χ3v) is 4.06. The highest BCUT2D eigenvalue weighted by atomic mass is 19.1. The van der Waals surface area contributed by atoms with Gasteiger partial charge in [-0.2, -0.15) is 0 Å². The molecule has 3 heteroatoms. The first kappa shape index (κ1) is 13.8. The van der Waals surface area contributed by atoms with E-state index in [9.17, 15) is 9.18 Å². The summed E-state index contributed by atoms with van der Waals surface area (Å²) in [5.41, 5.74) is 2.03. The van der Waals surface area contributed by atoms with Crippen LogP contribution < -0.4 is 0 Å². The topological polar surface area (TPSA) is 20.3 Å². The summed E-state index contributed by atoms with van der Waals surface area (Å²) in [5.74, 6) is 0.196. The molecule has 0 aromatic heterocycles. The Kier molecular flexibility index (Phi) is 4.00. The van der Waals surface area contributed by atoms with Gasteiger partial charge in [-0.15, -0.1) is 0 Å². The van der Waals surface area contributed by atoms with Crippen molar-refractivity contribution in [2.45, 2.75) is 18.8 Å². The molecule has 108 valence electrons. The van der Waals surface area contributed by atoms with E-state index in [4.69, 9.17) is 0 Å². The zero-order valence-electron chi connectivity index (χ0n) is 11.8. The molecule has 2 aromatic carbocycles. The van der Waals surface area contributed by atoms with Crippen molar-refractivity contribution in [3.63, 3.8) is 0 Å². The Morgan fingerprint density at radius 2 is 1.95 bits per heavy atom. The first-order valence-corrected chi connectivity index (χ1v) is 7.29. The molecule has 3 rings (SSSR count). The van der Waals surface area contributed by atoms with Gasteiger partial charge in [0.15, 0.2) is 0 Å². The maximum Gasteiger partial charge on any atom is 0.227 e. The maximum atomic E-state index is 13.3. The molecule has 0 spiro atoms. The molecule has 0 saturated carbocycles. The highest BCUT2D eigenvalue weighted by Crippen LogP contribution is 2.27. The van der Waals surface area contributed by atoms with Gasteiger partial charge in [0, 0.05) is 19.0 Å². The van der Waals surface area contributed by atoms with Crippen molar-refractivity contribution in [3.05, 3.63) is 71.5 Å². The van der Waals surface area contributed by atoms with Gasteiger partial charge in [0.2, 0.25) is 5.91 Å². The zero-order chi connectivity index (χ0) is 14.7. The first-order valence-electron chi connectivity index (χ1n) is 7.29. The van der Waals surface area contributed by atoms with Crippen molar-refractivity contribution in [2.24, 2.45) is 0 Å². The summed E-state index contributed by atoms with van der Waals surface area (Å²) in [6.45, 7) is 1.45. The number of carbonyl (C=O) groups is 1. The Bertz CT molecular complexity index is 626. The van der Waals surface area contributed by atoms with Crippen LogP contribution in [0, 0.1) is 5.82 Å². The van der Waals surface area contributed by atoms with Crippen LogP contribution in [0.3, 0.4) is 0 Å². The molecule has 1 aliphatic rings. The molecule has 1 aliphatic heterocycles. The number of carbonyl (C=O) groups excluding carboxylic acids is 1. The van der Waals surface area contributed by atoms with Crippen LogP contribution in [-0.2, 0) is 11.2 Å². The van der Waals surface area contributed by atoms with E-state index < -0.39 is 0 Å². The average Bonchev–Trinajstić information content (AvgIpc) is 2.98. The SMILES string of the molecule is O=C(Cc1ccccc1)N1CCC(c2cccc(F)c2)C1. The van der Waals surface area contributed by atoms with E-state index >= 15 is 0 Å². The first-order chi connectivity index (χ1) is 10.2. The molecule has 0 aliphatic carbocycles. The van der Waals surface area contributed by atoms with E-state index in [1.165, 1.54) is 6.07 Å². The van der Waals surface area contributed by atoms with Gasteiger partial charge >= 0.3 is 0 Å². The fourth-order valence-corrected chi connectivity index (χ4v) is 2.90. The Balaban J connectivity index is 1.63. The summed E-state index contributed by atoms with van der Waals surface area (Å²) in [7, 11) is 0. The minimum atomic E-state index is -0.207. The minimum absolute atomic E-state index is 0.153. The van der Waals surface area contributed by atoms with E-state index in [0.29, 0.717) is 13.0 Å². The Morgan fingerprint density at radius 3 is 2.71 bits per heavy atom. The second kappa shape index (κ2) is 6.08. The lowest BCUT2D eigenvalue weighted by Gasteiger charge is -2.17. The Labute approximate surface area is 124 Å². The molecule has 0 N–H and O–H groups in total. The van der Waals surface area contributed by atoms with Crippen molar-refractivity contribution in [3.8, 4) is 0 Å². The number of rotatable bonds is 3. The highest BCUT2D eigenvalue weighted by molar-refractivity contribution is 5.79. The van der Waals surface area contributed by atoms with Crippen LogP contribution in [0.4, 0.5) is 4.39 Å². The molecule has 1 atom stereocenters. The molecule has 1 unspecified atom stereocenters. The van der Waals surface area contributed by atoms with Gasteiger partial charge < -0.3 is 4.90 Å². The Morgan fingerprint density at radius 1 is 1.14 bits per heavy atom. The standard InChI is InChI=1S/C18H18FNO/c19-17-8-4-7-15(12-17)16-9-10-20(13-16)18(21)11-14-5-2-1-3-6-14/h1-8,12,16H,9-11,13H2. The lowest BCUT2D eigenvalue weighted by atomic mass is 9.98. The molecule has 1 saturated heterocycles. The third-order valence-electron chi connectivity index (χ3n) is 4.06. The van der Waals surface area contributed by atoms with Crippen LogP contribution in [0.5, 0.6) is 0 Å². The van der Waals surface area contributed by atoms with Gasteiger partial charge in [-0.05, 0) is 29.7 Å². The van der Waals surface area contributed by atoms with Crippen molar-refractivity contribution >= 4 is 5.91 Å². The number of nitrogens with zero attached hydrogens (tertiary/aromatic N) is 1. The molecular formula is C18H18FNO. The summed E-state index contributed by atoms with van der Waals surface area (Å²) in [6, 6.07) is 16.5. The van der Waals surface area contributed by atoms with Crippen molar-refractivity contribution < 1.29 is 9.18 Å². The van der Waals surface area contributed by atoms with Gasteiger partial charge in [0.05, 0.1) is 6.42 Å². The lowest BCUT2D eigenvalue weighted by Crippen LogP contribution is -2.29. The van der Waals surface area contributed by atoms with Crippen molar-refractivity contribution in [2.75, 3.05) is 13.1 Å². The van der Waals surface area contributed by atoms with Crippen molar-refractivity contribution in [1.29, 1.82) is 0 Å². The van der Waals surface area contributed by atoms with Crippen LogP contribution in [0.15, 0.2) is 54.6 Å². The smallest absolute Gasteiger partial charge is 0.227 e. The summed E-state index contributed by atoms with van der Waals surface area (Å²) in [5, 5.41) is 0. The molecule has 21 heavy (non-hydrogen) atoms. The van der Waals surface area contributed by atoms with E-state index in [1.807, 2.05) is 41.3 Å². The molecular weight excluding hydrogens is 265 g/mol. The van der Waals surface area contributed by atoms with Crippen LogP contribution in [0.1, 0.15) is 23.5 Å². The minimum Gasteiger partial charge on any atom is -0.342 e. The molecule has 0 bridgehead atoms. The van der Waals surface area contributed by atoms with E-state index in [1.54, 1.807) is 12.1 Å². The number of hydrogen-bond donors (Lipinski definition) is 0. The second-order valence-corrected chi connectivity index (χ2v) is 5.54. The maximum absolute atomic E-state index is 13.3. The fourth-order valence-electron chi connectivity index (χ4n) is 2.90. The number of benzene rings is 2. The summed E-state index contributed by atoms with van der Waals surface area (Å²) < 4.78 is 13.3. The van der Waals surface area contributed by atoms with Crippen LogP contribution in [0.25, 0.3) is 0 Å². The molecule has 1 heterocycles. The van der Waals surface area contributed by atoms with Crippen LogP contribution in [0.2, 0.25) is 0 Å².